The molecule has 0 saturated heterocycles. The lowest BCUT2D eigenvalue weighted by atomic mass is 10.2. The number of nitrogens with two attached hydrogens (primary N) is 1. The Bertz CT molecular complexity index is 285. The molecule has 1 amide bonds. The van der Waals surface area contributed by atoms with Crippen LogP contribution in [0.4, 0.5) is 0 Å². The molecule has 0 spiro atoms. The van der Waals surface area contributed by atoms with Gasteiger partial charge in [0.25, 0.3) is 0 Å². The summed E-state index contributed by atoms with van der Waals surface area (Å²) in [6.07, 6.45) is 0. The second-order valence-electron chi connectivity index (χ2n) is 3.10. The van der Waals surface area contributed by atoms with Crippen molar-refractivity contribution in [2.45, 2.75) is 13.5 Å². The molecule has 2 N–H and O–H groups in total. The van der Waals surface area contributed by atoms with Crippen molar-refractivity contribution in [2.24, 2.45) is 5.73 Å². The van der Waals surface area contributed by atoms with Gasteiger partial charge in [0, 0.05) is 13.1 Å². The minimum atomic E-state index is -0.00338. The summed E-state index contributed by atoms with van der Waals surface area (Å²) in [6.45, 7) is 3.38. The minimum Gasteiger partial charge on any atom is -0.338 e. The maximum atomic E-state index is 11.3. The van der Waals surface area contributed by atoms with E-state index in [9.17, 15) is 4.79 Å². The van der Waals surface area contributed by atoms with Gasteiger partial charge in [-0.2, -0.15) is 0 Å². The van der Waals surface area contributed by atoms with Crippen LogP contribution in [0.5, 0.6) is 0 Å². The summed E-state index contributed by atoms with van der Waals surface area (Å²) in [7, 11) is 0. The zero-order chi connectivity index (χ0) is 10.4. The number of benzene rings is 1. The highest BCUT2D eigenvalue weighted by atomic mass is 16.2. The van der Waals surface area contributed by atoms with E-state index >= 15 is 0 Å². The van der Waals surface area contributed by atoms with E-state index < -0.39 is 0 Å². The van der Waals surface area contributed by atoms with Crippen LogP contribution >= 0.6 is 0 Å². The molecule has 0 heterocycles. The molecule has 0 aromatic heterocycles. The number of amides is 1. The molecule has 1 aromatic carbocycles. The van der Waals surface area contributed by atoms with Crippen LogP contribution in [0.1, 0.15) is 12.5 Å². The van der Waals surface area contributed by atoms with E-state index in [4.69, 9.17) is 5.73 Å². The van der Waals surface area contributed by atoms with Gasteiger partial charge in [-0.1, -0.05) is 30.3 Å². The van der Waals surface area contributed by atoms with Gasteiger partial charge in [-0.25, -0.2) is 0 Å². The summed E-state index contributed by atoms with van der Waals surface area (Å²) >= 11 is 0. The Balaban J connectivity index is 2.62. The lowest BCUT2D eigenvalue weighted by Crippen LogP contribution is -2.35. The third-order valence-corrected chi connectivity index (χ3v) is 2.13. The van der Waals surface area contributed by atoms with Crippen LogP contribution in [-0.4, -0.2) is 23.9 Å². The summed E-state index contributed by atoms with van der Waals surface area (Å²) in [5.74, 6) is -0.00338. The molecular weight excluding hydrogens is 176 g/mol. The minimum absolute atomic E-state index is 0.00338. The van der Waals surface area contributed by atoms with Gasteiger partial charge >= 0.3 is 0 Å². The Kier molecular flexibility index (Phi) is 4.13. The fourth-order valence-corrected chi connectivity index (χ4v) is 1.31. The van der Waals surface area contributed by atoms with Crippen LogP contribution in [0, 0.1) is 0 Å². The van der Waals surface area contributed by atoms with Crippen molar-refractivity contribution < 1.29 is 4.79 Å². The van der Waals surface area contributed by atoms with Crippen molar-refractivity contribution >= 4 is 5.91 Å². The third-order valence-electron chi connectivity index (χ3n) is 2.13. The molecule has 3 heteroatoms. The van der Waals surface area contributed by atoms with Crippen LogP contribution in [0.25, 0.3) is 0 Å². The maximum Gasteiger partial charge on any atom is 0.236 e. The van der Waals surface area contributed by atoms with E-state index in [0.717, 1.165) is 5.56 Å². The van der Waals surface area contributed by atoms with Gasteiger partial charge in [-0.05, 0) is 12.5 Å². The first kappa shape index (κ1) is 10.7. The molecule has 0 aliphatic heterocycles. The zero-order valence-electron chi connectivity index (χ0n) is 8.44. The summed E-state index contributed by atoms with van der Waals surface area (Å²) in [6, 6.07) is 9.91. The molecule has 1 aromatic rings. The van der Waals surface area contributed by atoms with Crippen molar-refractivity contribution in [2.75, 3.05) is 13.1 Å². The van der Waals surface area contributed by atoms with Crippen molar-refractivity contribution in [1.82, 2.24) is 4.90 Å². The first-order valence-corrected chi connectivity index (χ1v) is 4.79. The first-order chi connectivity index (χ1) is 6.77. The molecule has 14 heavy (non-hydrogen) atoms. The highest BCUT2D eigenvalue weighted by Crippen LogP contribution is 2.03. The number of carbonyl (C=O) groups is 1. The predicted octanol–water partition coefficient (Wildman–Crippen LogP) is 0.994. The number of hydrogen-bond donors (Lipinski definition) is 1. The summed E-state index contributed by atoms with van der Waals surface area (Å²) in [5, 5.41) is 0. The molecule has 0 saturated carbocycles. The lowest BCUT2D eigenvalue weighted by Gasteiger charge is -2.19. The normalized spacial score (nSPS) is 9.86. The second kappa shape index (κ2) is 5.40. The van der Waals surface area contributed by atoms with E-state index in [1.54, 1.807) is 4.90 Å². The van der Waals surface area contributed by atoms with Crippen LogP contribution in [0.15, 0.2) is 30.3 Å². The standard InChI is InChI=1S/C11H16N2O/c1-2-13(11(14)8-12)9-10-6-4-3-5-7-10/h3-7H,2,8-9,12H2,1H3. The Morgan fingerprint density at radius 3 is 2.50 bits per heavy atom. The molecule has 0 atom stereocenters. The second-order valence-corrected chi connectivity index (χ2v) is 3.10. The van der Waals surface area contributed by atoms with Crippen molar-refractivity contribution in [1.29, 1.82) is 0 Å². The molecule has 1 rings (SSSR count). The summed E-state index contributed by atoms with van der Waals surface area (Å²) in [4.78, 5) is 13.1. The molecule has 3 nitrogen and oxygen atoms in total. The first-order valence-electron chi connectivity index (χ1n) is 4.79. The van der Waals surface area contributed by atoms with Gasteiger partial charge < -0.3 is 10.6 Å². The molecule has 76 valence electrons. The number of rotatable bonds is 4. The molecule has 0 unspecified atom stereocenters. The number of likely N-dealkylation sites (N-methyl/N-ethyl adjacent to an activating group) is 1. The van der Waals surface area contributed by atoms with E-state index in [1.165, 1.54) is 0 Å². The molecule has 0 aliphatic carbocycles. The zero-order valence-corrected chi connectivity index (χ0v) is 8.44. The smallest absolute Gasteiger partial charge is 0.236 e. The van der Waals surface area contributed by atoms with Crippen LogP contribution in [0.3, 0.4) is 0 Å². The SMILES string of the molecule is CCN(Cc1ccccc1)C(=O)CN. The van der Waals surface area contributed by atoms with Crippen LogP contribution < -0.4 is 5.73 Å². The Morgan fingerprint density at radius 1 is 1.36 bits per heavy atom. The highest BCUT2D eigenvalue weighted by molar-refractivity contribution is 5.77. The Hall–Kier alpha value is -1.35. The predicted molar refractivity (Wildman–Crippen MR) is 56.6 cm³/mol. The van der Waals surface area contributed by atoms with E-state index in [-0.39, 0.29) is 12.5 Å². The molecule has 0 bridgehead atoms. The monoisotopic (exact) mass is 192 g/mol. The molecule has 0 aliphatic rings. The topological polar surface area (TPSA) is 46.3 Å². The average Bonchev–Trinajstić information content (AvgIpc) is 2.26. The van der Waals surface area contributed by atoms with E-state index in [1.807, 2.05) is 37.3 Å². The summed E-state index contributed by atoms with van der Waals surface area (Å²) in [5.41, 5.74) is 6.45. The Labute approximate surface area is 84.5 Å². The van der Waals surface area contributed by atoms with Gasteiger partial charge in [0.1, 0.15) is 0 Å². The van der Waals surface area contributed by atoms with E-state index in [2.05, 4.69) is 0 Å². The van der Waals surface area contributed by atoms with Crippen LogP contribution in [-0.2, 0) is 11.3 Å². The molecule has 0 radical (unpaired) electrons. The van der Waals surface area contributed by atoms with E-state index in [0.29, 0.717) is 13.1 Å². The van der Waals surface area contributed by atoms with Gasteiger partial charge in [-0.15, -0.1) is 0 Å². The number of carbonyl (C=O) groups excluding carboxylic acids is 1. The van der Waals surface area contributed by atoms with Crippen LogP contribution in [0.2, 0.25) is 0 Å². The van der Waals surface area contributed by atoms with Gasteiger partial charge in [-0.3, -0.25) is 4.79 Å². The molecular formula is C11H16N2O. The van der Waals surface area contributed by atoms with Gasteiger partial charge in [0.2, 0.25) is 5.91 Å². The fraction of sp³-hybridized carbons (Fsp3) is 0.364. The van der Waals surface area contributed by atoms with Gasteiger partial charge in [0.15, 0.2) is 0 Å². The highest BCUT2D eigenvalue weighted by Gasteiger charge is 2.08. The maximum absolute atomic E-state index is 11.3. The largest absolute Gasteiger partial charge is 0.338 e. The number of nitrogens with zero attached hydrogens (tertiary/aromatic N) is 1. The van der Waals surface area contributed by atoms with Crippen molar-refractivity contribution in [3.63, 3.8) is 0 Å². The summed E-state index contributed by atoms with van der Waals surface area (Å²) < 4.78 is 0. The van der Waals surface area contributed by atoms with Crippen molar-refractivity contribution in [3.05, 3.63) is 35.9 Å². The van der Waals surface area contributed by atoms with Gasteiger partial charge in [0.05, 0.1) is 6.54 Å². The Morgan fingerprint density at radius 2 is 2.00 bits per heavy atom. The third kappa shape index (κ3) is 2.85. The average molecular weight is 192 g/mol. The fourth-order valence-electron chi connectivity index (χ4n) is 1.31. The lowest BCUT2D eigenvalue weighted by molar-refractivity contribution is -0.130. The molecule has 0 fully saturated rings. The quantitative estimate of drug-likeness (QED) is 0.773. The number of hydrogen-bond acceptors (Lipinski definition) is 2. The van der Waals surface area contributed by atoms with Crippen molar-refractivity contribution in [3.8, 4) is 0 Å².